The predicted molar refractivity (Wildman–Crippen MR) is 78.1 cm³/mol. The molecule has 0 atom stereocenters. The normalized spacial score (nSPS) is 10.6. The van der Waals surface area contributed by atoms with Crippen LogP contribution in [-0.4, -0.2) is 9.78 Å². The van der Waals surface area contributed by atoms with E-state index < -0.39 is 0 Å². The van der Waals surface area contributed by atoms with Crippen LogP contribution in [0.5, 0.6) is 0 Å². The fourth-order valence-corrected chi connectivity index (χ4v) is 2.01. The molecule has 3 heteroatoms. The summed E-state index contributed by atoms with van der Waals surface area (Å²) in [5, 5.41) is 4.39. The zero-order chi connectivity index (χ0) is 13.2. The van der Waals surface area contributed by atoms with Crippen molar-refractivity contribution in [2.45, 2.75) is 6.92 Å². The fourth-order valence-electron chi connectivity index (χ4n) is 2.01. The summed E-state index contributed by atoms with van der Waals surface area (Å²) in [5.41, 5.74) is 11.1. The van der Waals surface area contributed by atoms with E-state index in [1.807, 2.05) is 66.5 Å². The maximum Gasteiger partial charge on any atom is 0.0645 e. The highest BCUT2D eigenvalue weighted by atomic mass is 15.3. The van der Waals surface area contributed by atoms with Crippen LogP contribution in [-0.2, 0) is 0 Å². The summed E-state index contributed by atoms with van der Waals surface area (Å²) in [4.78, 5) is 0. The number of anilines is 1. The summed E-state index contributed by atoms with van der Waals surface area (Å²) >= 11 is 0. The predicted octanol–water partition coefficient (Wildman–Crippen LogP) is 3.43. The molecule has 0 saturated carbocycles. The fraction of sp³-hybridized carbons (Fsp3) is 0.0625. The molecule has 1 aromatic heterocycles. The number of benzene rings is 2. The number of hydrogen-bond donors (Lipinski definition) is 1. The Morgan fingerprint density at radius 2 is 1.79 bits per heavy atom. The second kappa shape index (κ2) is 4.61. The van der Waals surface area contributed by atoms with Gasteiger partial charge in [0.15, 0.2) is 0 Å². The van der Waals surface area contributed by atoms with E-state index in [0.717, 1.165) is 28.1 Å². The van der Waals surface area contributed by atoms with Crippen molar-refractivity contribution in [3.63, 3.8) is 0 Å². The lowest BCUT2D eigenvalue weighted by Crippen LogP contribution is -1.92. The van der Waals surface area contributed by atoms with Crippen molar-refractivity contribution in [3.05, 3.63) is 66.5 Å². The lowest BCUT2D eigenvalue weighted by molar-refractivity contribution is 0.881. The Kier molecular flexibility index (Phi) is 2.80. The van der Waals surface area contributed by atoms with Gasteiger partial charge in [-0.25, -0.2) is 4.68 Å². The number of aromatic nitrogens is 2. The second-order valence-electron chi connectivity index (χ2n) is 4.58. The lowest BCUT2D eigenvalue weighted by atomic mass is 10.1. The van der Waals surface area contributed by atoms with Crippen LogP contribution in [0.15, 0.2) is 60.9 Å². The van der Waals surface area contributed by atoms with E-state index in [1.54, 1.807) is 0 Å². The van der Waals surface area contributed by atoms with Gasteiger partial charge in [-0.3, -0.25) is 0 Å². The number of rotatable bonds is 2. The topological polar surface area (TPSA) is 43.8 Å². The molecule has 3 nitrogen and oxygen atoms in total. The highest BCUT2D eigenvalue weighted by molar-refractivity contribution is 5.68. The Hall–Kier alpha value is -2.55. The third-order valence-corrected chi connectivity index (χ3v) is 3.22. The van der Waals surface area contributed by atoms with Gasteiger partial charge in [0.2, 0.25) is 0 Å². The molecule has 0 saturated heterocycles. The first-order valence-corrected chi connectivity index (χ1v) is 6.20. The molecule has 0 spiro atoms. The van der Waals surface area contributed by atoms with E-state index in [-0.39, 0.29) is 0 Å². The maximum atomic E-state index is 5.95. The van der Waals surface area contributed by atoms with Gasteiger partial charge in [0.25, 0.3) is 0 Å². The van der Waals surface area contributed by atoms with E-state index in [2.05, 4.69) is 11.2 Å². The van der Waals surface area contributed by atoms with Gasteiger partial charge in [0.1, 0.15) is 0 Å². The third-order valence-electron chi connectivity index (χ3n) is 3.22. The van der Waals surface area contributed by atoms with Gasteiger partial charge in [0.05, 0.1) is 11.9 Å². The Balaban J connectivity index is 1.99. The molecule has 19 heavy (non-hydrogen) atoms. The number of nitrogen functional groups attached to an aromatic ring is 1. The minimum Gasteiger partial charge on any atom is -0.398 e. The number of aryl methyl sites for hydroxylation is 1. The second-order valence-corrected chi connectivity index (χ2v) is 4.58. The van der Waals surface area contributed by atoms with Crippen molar-refractivity contribution in [2.75, 3.05) is 5.73 Å². The van der Waals surface area contributed by atoms with Crippen LogP contribution in [0.2, 0.25) is 0 Å². The van der Waals surface area contributed by atoms with Crippen LogP contribution >= 0.6 is 0 Å². The van der Waals surface area contributed by atoms with Crippen molar-refractivity contribution in [3.8, 4) is 16.8 Å². The minimum absolute atomic E-state index is 0.810. The van der Waals surface area contributed by atoms with E-state index >= 15 is 0 Å². The van der Waals surface area contributed by atoms with Crippen molar-refractivity contribution >= 4 is 5.69 Å². The maximum absolute atomic E-state index is 5.95. The van der Waals surface area contributed by atoms with Crippen LogP contribution in [0.1, 0.15) is 5.56 Å². The molecule has 0 fully saturated rings. The SMILES string of the molecule is Cc1ccc(-c2cnn(-c3ccccc3)c2)cc1N. The van der Waals surface area contributed by atoms with Crippen molar-refractivity contribution in [1.82, 2.24) is 9.78 Å². The molecule has 2 aromatic carbocycles. The van der Waals surface area contributed by atoms with E-state index in [4.69, 9.17) is 5.73 Å². The summed E-state index contributed by atoms with van der Waals surface area (Å²) in [6.07, 6.45) is 3.87. The Morgan fingerprint density at radius 3 is 2.53 bits per heavy atom. The van der Waals surface area contributed by atoms with Gasteiger partial charge in [-0.05, 0) is 36.2 Å². The Labute approximate surface area is 112 Å². The van der Waals surface area contributed by atoms with Crippen LogP contribution in [0.4, 0.5) is 5.69 Å². The quantitative estimate of drug-likeness (QED) is 0.707. The molecule has 94 valence electrons. The lowest BCUT2D eigenvalue weighted by Gasteiger charge is -2.03. The largest absolute Gasteiger partial charge is 0.398 e. The van der Waals surface area contributed by atoms with Gasteiger partial charge in [-0.2, -0.15) is 5.10 Å². The monoisotopic (exact) mass is 249 g/mol. The van der Waals surface area contributed by atoms with Crippen molar-refractivity contribution in [2.24, 2.45) is 0 Å². The van der Waals surface area contributed by atoms with E-state index in [9.17, 15) is 0 Å². The smallest absolute Gasteiger partial charge is 0.0645 e. The standard InChI is InChI=1S/C16H15N3/c1-12-7-8-13(9-16(12)17)14-10-18-19(11-14)15-5-3-2-4-6-15/h2-11H,17H2,1H3. The molecular weight excluding hydrogens is 234 g/mol. The van der Waals surface area contributed by atoms with Gasteiger partial charge >= 0.3 is 0 Å². The molecule has 0 radical (unpaired) electrons. The first-order valence-electron chi connectivity index (χ1n) is 6.20. The van der Waals surface area contributed by atoms with E-state index in [0.29, 0.717) is 0 Å². The minimum atomic E-state index is 0.810. The summed E-state index contributed by atoms with van der Waals surface area (Å²) < 4.78 is 1.87. The number of nitrogens with two attached hydrogens (primary N) is 1. The van der Waals surface area contributed by atoms with Gasteiger partial charge in [-0.15, -0.1) is 0 Å². The summed E-state index contributed by atoms with van der Waals surface area (Å²) in [5.74, 6) is 0. The summed E-state index contributed by atoms with van der Waals surface area (Å²) in [6.45, 7) is 2.01. The molecule has 1 heterocycles. The molecule has 0 unspecified atom stereocenters. The first kappa shape index (κ1) is 11.5. The van der Waals surface area contributed by atoms with Crippen LogP contribution in [0, 0.1) is 6.92 Å². The van der Waals surface area contributed by atoms with Crippen LogP contribution in [0.3, 0.4) is 0 Å². The summed E-state index contributed by atoms with van der Waals surface area (Å²) in [6, 6.07) is 16.1. The van der Waals surface area contributed by atoms with Crippen molar-refractivity contribution < 1.29 is 0 Å². The summed E-state index contributed by atoms with van der Waals surface area (Å²) in [7, 11) is 0. The zero-order valence-electron chi connectivity index (χ0n) is 10.7. The highest BCUT2D eigenvalue weighted by Gasteiger charge is 2.04. The zero-order valence-corrected chi connectivity index (χ0v) is 10.7. The van der Waals surface area contributed by atoms with Gasteiger partial charge in [0, 0.05) is 17.4 Å². The molecule has 2 N–H and O–H groups in total. The molecule has 3 aromatic rings. The molecule has 0 aliphatic rings. The molecule has 0 aliphatic heterocycles. The van der Waals surface area contributed by atoms with Crippen molar-refractivity contribution in [1.29, 1.82) is 0 Å². The van der Waals surface area contributed by atoms with Crippen LogP contribution < -0.4 is 5.73 Å². The molecule has 0 bridgehead atoms. The molecule has 3 rings (SSSR count). The third kappa shape index (κ3) is 2.22. The molecular formula is C16H15N3. The Bertz CT molecular complexity index is 699. The number of para-hydroxylation sites is 1. The van der Waals surface area contributed by atoms with Gasteiger partial charge in [-0.1, -0.05) is 30.3 Å². The number of nitrogens with zero attached hydrogens (tertiary/aromatic N) is 2. The average molecular weight is 249 g/mol. The van der Waals surface area contributed by atoms with E-state index in [1.165, 1.54) is 0 Å². The molecule has 0 aliphatic carbocycles. The average Bonchev–Trinajstić information content (AvgIpc) is 2.93. The Morgan fingerprint density at radius 1 is 1.00 bits per heavy atom. The van der Waals surface area contributed by atoms with Crippen LogP contribution in [0.25, 0.3) is 16.8 Å². The highest BCUT2D eigenvalue weighted by Crippen LogP contribution is 2.24. The number of hydrogen-bond acceptors (Lipinski definition) is 2. The van der Waals surface area contributed by atoms with Gasteiger partial charge < -0.3 is 5.73 Å². The first-order chi connectivity index (χ1) is 9.24. The molecule has 0 amide bonds.